The smallest absolute Gasteiger partial charge is 0.334 e. The second-order valence-electron chi connectivity index (χ2n) is 6.02. The highest BCUT2D eigenvalue weighted by Gasteiger charge is 2.24. The van der Waals surface area contributed by atoms with E-state index < -0.39 is 16.5 Å². The highest BCUT2D eigenvalue weighted by molar-refractivity contribution is 9.10. The Morgan fingerprint density at radius 3 is 2.40 bits per heavy atom. The van der Waals surface area contributed by atoms with Gasteiger partial charge >= 0.3 is 5.69 Å². The van der Waals surface area contributed by atoms with Crippen LogP contribution in [0.3, 0.4) is 0 Å². The van der Waals surface area contributed by atoms with Crippen molar-refractivity contribution in [1.82, 2.24) is 15.4 Å². The molecule has 0 saturated heterocycles. The molecule has 11 heteroatoms. The van der Waals surface area contributed by atoms with Crippen LogP contribution in [0.2, 0.25) is 0 Å². The van der Waals surface area contributed by atoms with Crippen LogP contribution in [-0.2, 0) is 0 Å². The average Bonchev–Trinajstić information content (AvgIpc) is 2.72. The third-order valence-corrected chi connectivity index (χ3v) is 4.47. The van der Waals surface area contributed by atoms with E-state index in [4.69, 9.17) is 0 Å². The number of anilines is 3. The topological polar surface area (TPSA) is 139 Å². The number of hydrazine groups is 1. The zero-order valence-corrected chi connectivity index (χ0v) is 17.1. The van der Waals surface area contributed by atoms with Crippen molar-refractivity contribution in [3.05, 3.63) is 80.6 Å². The molecule has 10 nitrogen and oxygen atoms in total. The molecule has 0 saturated carbocycles. The van der Waals surface area contributed by atoms with Gasteiger partial charge in [0.1, 0.15) is 6.33 Å². The monoisotopic (exact) mass is 470 g/mol. The molecule has 0 unspecified atom stereocenters. The van der Waals surface area contributed by atoms with Crippen molar-refractivity contribution in [2.24, 2.45) is 0 Å². The summed E-state index contributed by atoms with van der Waals surface area (Å²) >= 11 is 3.28. The largest absolute Gasteiger partial charge is 0.355 e. The summed E-state index contributed by atoms with van der Waals surface area (Å²) in [6, 6.07) is 13.0. The molecule has 3 N–H and O–H groups in total. The first-order chi connectivity index (χ1) is 14.3. The van der Waals surface area contributed by atoms with Crippen molar-refractivity contribution in [3.63, 3.8) is 0 Å². The molecule has 0 bridgehead atoms. The molecule has 0 aliphatic rings. The summed E-state index contributed by atoms with van der Waals surface area (Å²) in [7, 11) is 0. The van der Waals surface area contributed by atoms with E-state index >= 15 is 0 Å². The molecular weight excluding hydrogens is 456 g/mol. The molecule has 0 aliphatic heterocycles. The summed E-state index contributed by atoms with van der Waals surface area (Å²) in [4.78, 5) is 42.5. The number of nitrogens with one attached hydrogen (secondary N) is 3. The number of rotatable bonds is 7. The lowest BCUT2D eigenvalue weighted by molar-refractivity contribution is -0.383. The maximum atomic E-state index is 12.2. The van der Waals surface area contributed by atoms with E-state index in [1.54, 1.807) is 48.5 Å². The number of nitro groups is 1. The fraction of sp³-hybridized carbons (Fsp3) is 0.0526. The lowest BCUT2D eigenvalue weighted by Gasteiger charge is -2.11. The molecule has 0 radical (unpaired) electrons. The second kappa shape index (κ2) is 9.09. The first-order valence-electron chi connectivity index (χ1n) is 8.54. The van der Waals surface area contributed by atoms with E-state index in [0.717, 1.165) is 10.8 Å². The maximum absolute atomic E-state index is 12.2. The van der Waals surface area contributed by atoms with Crippen LogP contribution in [-0.4, -0.2) is 26.6 Å². The van der Waals surface area contributed by atoms with E-state index in [9.17, 15) is 19.7 Å². The lowest BCUT2D eigenvalue weighted by Crippen LogP contribution is -2.30. The van der Waals surface area contributed by atoms with Crippen LogP contribution in [0.15, 0.2) is 59.3 Å². The van der Waals surface area contributed by atoms with E-state index in [2.05, 4.69) is 42.1 Å². The number of hydrogen-bond donors (Lipinski definition) is 3. The molecule has 1 aromatic heterocycles. The van der Waals surface area contributed by atoms with Gasteiger partial charge in [-0.15, -0.1) is 0 Å². The summed E-state index contributed by atoms with van der Waals surface area (Å²) in [5.41, 5.74) is 5.60. The van der Waals surface area contributed by atoms with Crippen molar-refractivity contribution in [2.45, 2.75) is 6.92 Å². The Morgan fingerprint density at radius 1 is 1.03 bits per heavy atom. The molecule has 152 valence electrons. The van der Waals surface area contributed by atoms with E-state index in [0.29, 0.717) is 16.8 Å². The normalized spacial score (nSPS) is 10.2. The van der Waals surface area contributed by atoms with E-state index in [1.165, 1.54) is 6.92 Å². The summed E-state index contributed by atoms with van der Waals surface area (Å²) in [5, 5.41) is 14.4. The van der Waals surface area contributed by atoms with Gasteiger partial charge < -0.3 is 5.32 Å². The zero-order chi connectivity index (χ0) is 21.7. The van der Waals surface area contributed by atoms with Crippen LogP contribution in [0.1, 0.15) is 27.6 Å². The lowest BCUT2D eigenvalue weighted by atomic mass is 10.1. The van der Waals surface area contributed by atoms with Crippen molar-refractivity contribution < 1.29 is 14.5 Å². The number of benzene rings is 2. The van der Waals surface area contributed by atoms with Crippen molar-refractivity contribution in [3.8, 4) is 0 Å². The van der Waals surface area contributed by atoms with Gasteiger partial charge in [0, 0.05) is 21.3 Å². The third kappa shape index (κ3) is 4.94. The standard InChI is InChI=1S/C19H15BrN6O4/c1-11(27)13-3-2-4-15(9-13)23-17-16(26(29)30)18(22-10-21-17)24-25-19(28)12-5-7-14(20)8-6-12/h2-10H,1H3,(H,25,28)(H2,21,22,23,24). The molecule has 3 rings (SSSR count). The number of nitrogens with zero attached hydrogens (tertiary/aromatic N) is 3. The number of ketones is 1. The number of aromatic nitrogens is 2. The highest BCUT2D eigenvalue weighted by Crippen LogP contribution is 2.31. The maximum Gasteiger partial charge on any atom is 0.355 e. The minimum absolute atomic E-state index is 0.101. The van der Waals surface area contributed by atoms with Crippen molar-refractivity contribution in [1.29, 1.82) is 0 Å². The Kier molecular flexibility index (Phi) is 6.32. The van der Waals surface area contributed by atoms with Gasteiger partial charge in [0.15, 0.2) is 5.78 Å². The number of amides is 1. The van der Waals surface area contributed by atoms with Gasteiger partial charge in [0.2, 0.25) is 11.6 Å². The van der Waals surface area contributed by atoms with Crippen molar-refractivity contribution in [2.75, 3.05) is 10.7 Å². The van der Waals surface area contributed by atoms with Gasteiger partial charge in [-0.2, -0.15) is 0 Å². The number of halogens is 1. The number of hydrogen-bond acceptors (Lipinski definition) is 8. The van der Waals surface area contributed by atoms with Crippen LogP contribution < -0.4 is 16.2 Å². The Morgan fingerprint density at radius 2 is 1.73 bits per heavy atom. The highest BCUT2D eigenvalue weighted by atomic mass is 79.9. The summed E-state index contributed by atoms with van der Waals surface area (Å²) in [5.74, 6) is -0.949. The number of carbonyl (C=O) groups excluding carboxylic acids is 2. The van der Waals surface area contributed by atoms with Gasteiger partial charge in [-0.3, -0.25) is 30.6 Å². The molecule has 1 amide bonds. The third-order valence-electron chi connectivity index (χ3n) is 3.94. The molecule has 0 atom stereocenters. The summed E-state index contributed by atoms with van der Waals surface area (Å²) < 4.78 is 0.808. The fourth-order valence-corrected chi connectivity index (χ4v) is 2.74. The molecule has 0 fully saturated rings. The summed E-state index contributed by atoms with van der Waals surface area (Å²) in [6.07, 6.45) is 1.11. The first-order valence-corrected chi connectivity index (χ1v) is 9.34. The molecule has 2 aromatic carbocycles. The minimum Gasteiger partial charge on any atom is -0.334 e. The number of Topliss-reactive ketones (excluding diaryl/α,β-unsaturated/α-hetero) is 1. The Bertz CT molecular complexity index is 1120. The number of carbonyl (C=O) groups is 2. The van der Waals surface area contributed by atoms with Gasteiger partial charge in [0.25, 0.3) is 5.91 Å². The minimum atomic E-state index is -0.675. The fourth-order valence-electron chi connectivity index (χ4n) is 2.48. The first kappa shape index (κ1) is 20.9. The predicted octanol–water partition coefficient (Wildman–Crippen LogP) is 3.85. The quantitative estimate of drug-likeness (QED) is 0.268. The molecule has 0 spiro atoms. The van der Waals surface area contributed by atoms with Crippen LogP contribution in [0.25, 0.3) is 0 Å². The predicted molar refractivity (Wildman–Crippen MR) is 114 cm³/mol. The SMILES string of the molecule is CC(=O)c1cccc(Nc2ncnc(NNC(=O)c3ccc(Br)cc3)c2[N+](=O)[O-])c1. The van der Waals surface area contributed by atoms with E-state index in [1.807, 2.05) is 0 Å². The second-order valence-corrected chi connectivity index (χ2v) is 6.94. The Hall–Kier alpha value is -3.86. The van der Waals surface area contributed by atoms with Gasteiger partial charge in [-0.05, 0) is 43.3 Å². The van der Waals surface area contributed by atoms with Crippen LogP contribution >= 0.6 is 15.9 Å². The zero-order valence-electron chi connectivity index (χ0n) is 15.5. The van der Waals surface area contributed by atoms with Gasteiger partial charge in [-0.25, -0.2) is 9.97 Å². The molecule has 0 aliphatic carbocycles. The molecule has 30 heavy (non-hydrogen) atoms. The summed E-state index contributed by atoms with van der Waals surface area (Å²) in [6.45, 7) is 1.42. The molecule has 3 aromatic rings. The van der Waals surface area contributed by atoms with Gasteiger partial charge in [-0.1, -0.05) is 28.1 Å². The van der Waals surface area contributed by atoms with Crippen molar-refractivity contribution >= 4 is 50.6 Å². The Balaban J connectivity index is 1.83. The van der Waals surface area contributed by atoms with Gasteiger partial charge in [0.05, 0.1) is 4.92 Å². The molecule has 1 heterocycles. The molecular formula is C19H15BrN6O4. The van der Waals surface area contributed by atoms with Crippen LogP contribution in [0.5, 0.6) is 0 Å². The van der Waals surface area contributed by atoms with Crippen LogP contribution in [0, 0.1) is 10.1 Å². The van der Waals surface area contributed by atoms with E-state index in [-0.39, 0.29) is 17.4 Å². The Labute approximate surface area is 179 Å². The average molecular weight is 471 g/mol. The van der Waals surface area contributed by atoms with Crippen LogP contribution in [0.4, 0.5) is 23.0 Å².